The van der Waals surface area contributed by atoms with Gasteiger partial charge in [-0.3, -0.25) is 4.99 Å². The van der Waals surface area contributed by atoms with E-state index in [-0.39, 0.29) is 12.5 Å². The van der Waals surface area contributed by atoms with Crippen LogP contribution in [0.2, 0.25) is 0 Å². The van der Waals surface area contributed by atoms with Crippen LogP contribution >= 0.6 is 0 Å². The summed E-state index contributed by atoms with van der Waals surface area (Å²) in [5.41, 5.74) is 2.67. The van der Waals surface area contributed by atoms with Crippen molar-refractivity contribution in [1.29, 1.82) is 0 Å². The molecule has 0 aromatic rings. The molecule has 0 saturated heterocycles. The Morgan fingerprint density at radius 3 is 2.00 bits per heavy atom. The van der Waals surface area contributed by atoms with E-state index in [2.05, 4.69) is 4.99 Å². The fourth-order valence-electron chi connectivity index (χ4n) is 0.987. The number of hydrogen-bond acceptors (Lipinski definition) is 3. The highest BCUT2D eigenvalue weighted by atomic mass is 16.3. The lowest BCUT2D eigenvalue weighted by molar-refractivity contribution is 0.141. The average Bonchev–Trinajstić information content (AvgIpc) is 2.11. The van der Waals surface area contributed by atoms with Gasteiger partial charge in [-0.05, 0) is 26.7 Å². The minimum Gasteiger partial charge on any atom is -0.393 e. The highest BCUT2D eigenvalue weighted by Gasteiger charge is 2.15. The van der Waals surface area contributed by atoms with Crippen molar-refractivity contribution in [2.45, 2.75) is 40.7 Å². The van der Waals surface area contributed by atoms with E-state index >= 15 is 0 Å². The van der Waals surface area contributed by atoms with Crippen LogP contribution in [0.1, 0.15) is 34.6 Å². The van der Waals surface area contributed by atoms with Gasteiger partial charge in [0.15, 0.2) is 0 Å². The standard InChI is InChI=1S/C11H21NO2/c1-7(2)9(5)12-11(8(3)4)10(14)6-13/h8,10,13-14H,6H2,1-5H3/b12-11-/t10-/m1/s1. The van der Waals surface area contributed by atoms with Crippen molar-refractivity contribution in [3.05, 3.63) is 11.3 Å². The average molecular weight is 199 g/mol. The molecule has 0 aromatic heterocycles. The summed E-state index contributed by atoms with van der Waals surface area (Å²) in [6, 6.07) is 0. The Bertz CT molecular complexity index is 238. The molecule has 82 valence electrons. The van der Waals surface area contributed by atoms with Gasteiger partial charge in [0.05, 0.1) is 12.3 Å². The molecule has 14 heavy (non-hydrogen) atoms. The Balaban J connectivity index is 4.92. The number of aliphatic imine (C=N–C) groups is 1. The molecule has 0 aliphatic rings. The van der Waals surface area contributed by atoms with E-state index in [4.69, 9.17) is 5.11 Å². The molecule has 0 fully saturated rings. The monoisotopic (exact) mass is 199 g/mol. The first kappa shape index (κ1) is 13.3. The summed E-state index contributed by atoms with van der Waals surface area (Å²) < 4.78 is 0. The molecule has 0 saturated carbocycles. The van der Waals surface area contributed by atoms with Crippen LogP contribution in [0.25, 0.3) is 0 Å². The van der Waals surface area contributed by atoms with Crippen molar-refractivity contribution in [3.8, 4) is 0 Å². The molecule has 0 amide bonds. The Morgan fingerprint density at radius 2 is 1.71 bits per heavy atom. The summed E-state index contributed by atoms with van der Waals surface area (Å²) in [5, 5.41) is 18.4. The van der Waals surface area contributed by atoms with Gasteiger partial charge in [-0.25, -0.2) is 0 Å². The zero-order valence-electron chi connectivity index (χ0n) is 9.70. The number of hydrogen-bond donors (Lipinski definition) is 2. The fraction of sp³-hybridized carbons (Fsp3) is 0.727. The second-order valence-corrected chi connectivity index (χ2v) is 3.98. The van der Waals surface area contributed by atoms with Gasteiger partial charge in [-0.1, -0.05) is 19.4 Å². The minimum absolute atomic E-state index is 0.145. The normalized spacial score (nSPS) is 14.4. The van der Waals surface area contributed by atoms with Gasteiger partial charge in [-0.2, -0.15) is 0 Å². The molecule has 0 radical (unpaired) electrons. The van der Waals surface area contributed by atoms with Crippen molar-refractivity contribution in [2.24, 2.45) is 10.9 Å². The predicted molar refractivity (Wildman–Crippen MR) is 59.4 cm³/mol. The molecule has 0 rings (SSSR count). The molecule has 0 aliphatic carbocycles. The van der Waals surface area contributed by atoms with Gasteiger partial charge in [0, 0.05) is 5.70 Å². The number of aliphatic hydroxyl groups excluding tert-OH is 2. The van der Waals surface area contributed by atoms with Crippen molar-refractivity contribution in [3.63, 3.8) is 0 Å². The van der Waals surface area contributed by atoms with Crippen LogP contribution in [0.5, 0.6) is 0 Å². The highest BCUT2D eigenvalue weighted by molar-refractivity contribution is 5.91. The summed E-state index contributed by atoms with van der Waals surface area (Å²) in [4.78, 5) is 4.33. The van der Waals surface area contributed by atoms with Crippen LogP contribution in [0.15, 0.2) is 16.3 Å². The molecular formula is C11H21NO2. The summed E-state index contributed by atoms with van der Waals surface area (Å²) in [5.74, 6) is 0.145. The molecule has 0 bridgehead atoms. The molecule has 3 heteroatoms. The molecule has 0 aliphatic heterocycles. The number of nitrogens with zero attached hydrogens (tertiary/aromatic N) is 1. The van der Waals surface area contributed by atoms with Crippen molar-refractivity contribution in [2.75, 3.05) is 6.61 Å². The third-order valence-corrected chi connectivity index (χ3v) is 2.13. The third-order valence-electron chi connectivity index (χ3n) is 2.13. The maximum Gasteiger partial charge on any atom is 0.115 e. The van der Waals surface area contributed by atoms with Gasteiger partial charge in [-0.15, -0.1) is 0 Å². The topological polar surface area (TPSA) is 52.8 Å². The molecule has 3 nitrogen and oxygen atoms in total. The van der Waals surface area contributed by atoms with Gasteiger partial charge in [0.2, 0.25) is 0 Å². The fourth-order valence-corrected chi connectivity index (χ4v) is 0.987. The van der Waals surface area contributed by atoms with E-state index in [9.17, 15) is 5.11 Å². The van der Waals surface area contributed by atoms with E-state index in [0.717, 1.165) is 11.3 Å². The molecule has 2 N–H and O–H groups in total. The zero-order chi connectivity index (χ0) is 11.3. The second kappa shape index (κ2) is 5.94. The second-order valence-electron chi connectivity index (χ2n) is 3.98. The van der Waals surface area contributed by atoms with Crippen molar-refractivity contribution < 1.29 is 10.2 Å². The van der Waals surface area contributed by atoms with Crippen molar-refractivity contribution in [1.82, 2.24) is 0 Å². The van der Waals surface area contributed by atoms with Crippen LogP contribution in [-0.2, 0) is 0 Å². The van der Waals surface area contributed by atoms with Crippen LogP contribution in [0.3, 0.4) is 0 Å². The van der Waals surface area contributed by atoms with E-state index < -0.39 is 6.10 Å². The largest absolute Gasteiger partial charge is 0.393 e. The Hall–Kier alpha value is -0.670. The van der Waals surface area contributed by atoms with E-state index in [1.165, 1.54) is 0 Å². The summed E-state index contributed by atoms with van der Waals surface area (Å²) >= 11 is 0. The first-order valence-electron chi connectivity index (χ1n) is 4.91. The number of allylic oxidation sites excluding steroid dienone is 2. The summed E-state index contributed by atoms with van der Waals surface area (Å²) in [7, 11) is 0. The lowest BCUT2D eigenvalue weighted by atomic mass is 10.0. The van der Waals surface area contributed by atoms with Crippen LogP contribution in [0, 0.1) is 5.92 Å². The van der Waals surface area contributed by atoms with E-state index in [1.54, 1.807) is 0 Å². The van der Waals surface area contributed by atoms with Crippen LogP contribution in [0.4, 0.5) is 0 Å². The Morgan fingerprint density at radius 1 is 1.21 bits per heavy atom. The zero-order valence-corrected chi connectivity index (χ0v) is 9.70. The quantitative estimate of drug-likeness (QED) is 0.678. The van der Waals surface area contributed by atoms with Crippen LogP contribution < -0.4 is 0 Å². The van der Waals surface area contributed by atoms with E-state index in [0.29, 0.717) is 5.71 Å². The van der Waals surface area contributed by atoms with Gasteiger partial charge in [0.1, 0.15) is 6.10 Å². The highest BCUT2D eigenvalue weighted by Crippen LogP contribution is 2.10. The van der Waals surface area contributed by atoms with E-state index in [1.807, 2.05) is 34.6 Å². The Labute approximate surface area is 86.2 Å². The van der Waals surface area contributed by atoms with Gasteiger partial charge in [0.25, 0.3) is 0 Å². The molecular weight excluding hydrogens is 178 g/mol. The first-order valence-corrected chi connectivity index (χ1v) is 4.91. The predicted octanol–water partition coefficient (Wildman–Crippen LogP) is 1.75. The SMILES string of the molecule is CC(C)=C(C)/N=C(/C(C)C)[C@H](O)CO. The Kier molecular flexibility index (Phi) is 5.65. The van der Waals surface area contributed by atoms with Crippen molar-refractivity contribution >= 4 is 5.71 Å². The number of aliphatic hydroxyl groups is 2. The van der Waals surface area contributed by atoms with Gasteiger partial charge < -0.3 is 10.2 Å². The summed E-state index contributed by atoms with van der Waals surface area (Å²) in [6.45, 7) is 9.49. The smallest absolute Gasteiger partial charge is 0.115 e. The minimum atomic E-state index is -0.843. The lowest BCUT2D eigenvalue weighted by Gasteiger charge is -2.15. The number of rotatable bonds is 4. The maximum atomic E-state index is 9.52. The molecule has 0 aromatic carbocycles. The van der Waals surface area contributed by atoms with Gasteiger partial charge >= 0.3 is 0 Å². The third kappa shape index (κ3) is 4.03. The van der Waals surface area contributed by atoms with Crippen LogP contribution in [-0.4, -0.2) is 28.6 Å². The summed E-state index contributed by atoms with van der Waals surface area (Å²) in [6.07, 6.45) is -0.843. The molecule has 0 heterocycles. The molecule has 0 unspecified atom stereocenters. The lowest BCUT2D eigenvalue weighted by Crippen LogP contribution is -2.28. The molecule has 0 spiro atoms. The maximum absolute atomic E-state index is 9.52. The molecule has 1 atom stereocenters. The first-order chi connectivity index (χ1) is 6.40.